The minimum absolute atomic E-state index is 0.248. The van der Waals surface area contributed by atoms with Crippen LogP contribution in [0.25, 0.3) is 5.57 Å². The summed E-state index contributed by atoms with van der Waals surface area (Å²) >= 11 is 6.12. The maximum Gasteiger partial charge on any atom is 0.123 e. The molecule has 0 amide bonds. The Morgan fingerprint density at radius 3 is 2.96 bits per heavy atom. The van der Waals surface area contributed by atoms with Crippen LogP contribution in [-0.2, 0) is 6.54 Å². The molecule has 0 bridgehead atoms. The minimum Gasteiger partial charge on any atom is -0.384 e. The van der Waals surface area contributed by atoms with E-state index in [9.17, 15) is 4.39 Å². The summed E-state index contributed by atoms with van der Waals surface area (Å²) in [5, 5.41) is 3.68. The number of halogens is 2. The molecule has 0 fully saturated rings. The topological polar surface area (TPSA) is 50.9 Å². The van der Waals surface area contributed by atoms with Gasteiger partial charge in [0.15, 0.2) is 0 Å². The van der Waals surface area contributed by atoms with Crippen molar-refractivity contribution >= 4 is 23.0 Å². The summed E-state index contributed by atoms with van der Waals surface area (Å²) in [5.74, 6) is 0.176. The van der Waals surface area contributed by atoms with Crippen LogP contribution >= 0.6 is 11.6 Å². The Labute approximate surface area is 146 Å². The zero-order chi connectivity index (χ0) is 17.5. The number of nitrogens with zero attached hydrogens (tertiary/aromatic N) is 1. The van der Waals surface area contributed by atoms with Crippen LogP contribution in [-0.4, -0.2) is 4.98 Å². The van der Waals surface area contributed by atoms with Crippen LogP contribution in [0.4, 0.5) is 10.2 Å². The lowest BCUT2D eigenvalue weighted by atomic mass is 10.1. The van der Waals surface area contributed by atoms with E-state index in [-0.39, 0.29) is 5.82 Å². The highest BCUT2D eigenvalue weighted by Gasteiger charge is 2.03. The van der Waals surface area contributed by atoms with Gasteiger partial charge in [-0.25, -0.2) is 9.37 Å². The number of nitrogens with two attached hydrogens (primary N) is 1. The monoisotopic (exact) mass is 343 g/mol. The Kier molecular flexibility index (Phi) is 6.15. The Morgan fingerprint density at radius 2 is 2.21 bits per heavy atom. The Balaban J connectivity index is 1.94. The van der Waals surface area contributed by atoms with Crippen molar-refractivity contribution < 1.29 is 4.39 Å². The van der Waals surface area contributed by atoms with Gasteiger partial charge in [-0.1, -0.05) is 42.5 Å². The van der Waals surface area contributed by atoms with E-state index in [1.165, 1.54) is 18.3 Å². The minimum atomic E-state index is -0.248. The first kappa shape index (κ1) is 17.8. The number of anilines is 1. The number of hydrogen-bond acceptors (Lipinski definition) is 3. The van der Waals surface area contributed by atoms with Crippen molar-refractivity contribution in [1.82, 2.24) is 10.3 Å². The fourth-order valence-corrected chi connectivity index (χ4v) is 2.33. The molecule has 3 N–H and O–H groups in total. The molecular formula is C19H19ClFN3. The third-order valence-corrected chi connectivity index (χ3v) is 3.65. The van der Waals surface area contributed by atoms with Crippen molar-refractivity contribution in [2.45, 2.75) is 13.5 Å². The Bertz CT molecular complexity index is 797. The molecule has 0 aliphatic carbocycles. The summed E-state index contributed by atoms with van der Waals surface area (Å²) in [7, 11) is 0. The van der Waals surface area contributed by atoms with Crippen molar-refractivity contribution in [3.63, 3.8) is 0 Å². The van der Waals surface area contributed by atoms with Crippen LogP contribution in [0.5, 0.6) is 0 Å². The first-order valence-corrected chi connectivity index (χ1v) is 7.77. The number of hydrogen-bond donors (Lipinski definition) is 2. The summed E-state index contributed by atoms with van der Waals surface area (Å²) < 4.78 is 13.1. The molecule has 0 spiro atoms. The predicted octanol–water partition coefficient (Wildman–Crippen LogP) is 4.72. The number of allylic oxidation sites excluding steroid dienone is 4. The fourth-order valence-electron chi connectivity index (χ4n) is 2.08. The van der Waals surface area contributed by atoms with Crippen molar-refractivity contribution in [2.75, 3.05) is 5.73 Å². The van der Waals surface area contributed by atoms with Gasteiger partial charge in [-0.3, -0.25) is 0 Å². The van der Waals surface area contributed by atoms with Gasteiger partial charge in [0.25, 0.3) is 0 Å². The molecule has 2 rings (SSSR count). The van der Waals surface area contributed by atoms with E-state index in [4.69, 9.17) is 17.3 Å². The summed E-state index contributed by atoms with van der Waals surface area (Å²) in [6, 6.07) is 8.18. The first-order chi connectivity index (χ1) is 11.5. The molecule has 0 atom stereocenters. The van der Waals surface area contributed by atoms with Gasteiger partial charge < -0.3 is 11.1 Å². The van der Waals surface area contributed by atoms with E-state index >= 15 is 0 Å². The average molecular weight is 344 g/mol. The van der Waals surface area contributed by atoms with E-state index < -0.39 is 0 Å². The standard InChI is InChI=1S/C19H19ClFN3/c1-13(17-10-19(22)24-12-18(17)20)5-3-6-14(2)23-11-15-7-4-8-16(21)9-15/h3-10,12,23H,2,11H2,1H3,(H2,22,24)/b6-3-,13-5+. The fraction of sp³-hybridized carbons (Fsp3) is 0.105. The highest BCUT2D eigenvalue weighted by atomic mass is 35.5. The van der Waals surface area contributed by atoms with E-state index in [1.54, 1.807) is 12.1 Å². The average Bonchev–Trinajstić information content (AvgIpc) is 2.55. The van der Waals surface area contributed by atoms with Crippen LogP contribution in [0.3, 0.4) is 0 Å². The molecule has 24 heavy (non-hydrogen) atoms. The largest absolute Gasteiger partial charge is 0.384 e. The zero-order valence-electron chi connectivity index (χ0n) is 13.4. The lowest BCUT2D eigenvalue weighted by Gasteiger charge is -2.06. The van der Waals surface area contributed by atoms with Gasteiger partial charge in [0.1, 0.15) is 11.6 Å². The smallest absolute Gasteiger partial charge is 0.123 e. The molecule has 2 aromatic rings. The first-order valence-electron chi connectivity index (χ1n) is 7.39. The highest BCUT2D eigenvalue weighted by Crippen LogP contribution is 2.24. The predicted molar refractivity (Wildman–Crippen MR) is 98.8 cm³/mol. The van der Waals surface area contributed by atoms with Crippen LogP contribution in [0.15, 0.2) is 67.0 Å². The third-order valence-electron chi connectivity index (χ3n) is 3.35. The second-order valence-corrected chi connectivity index (χ2v) is 5.71. The molecule has 0 unspecified atom stereocenters. The van der Waals surface area contributed by atoms with Gasteiger partial charge in [0.05, 0.1) is 5.02 Å². The van der Waals surface area contributed by atoms with E-state index in [0.29, 0.717) is 17.4 Å². The molecule has 0 aliphatic heterocycles. The van der Waals surface area contributed by atoms with Crippen LogP contribution in [0.1, 0.15) is 18.1 Å². The summed E-state index contributed by atoms with van der Waals surface area (Å²) in [6.45, 7) is 6.37. The lowest BCUT2D eigenvalue weighted by Crippen LogP contribution is -2.10. The second kappa shape index (κ2) is 8.31. The molecule has 124 valence electrons. The molecule has 0 saturated carbocycles. The molecule has 5 heteroatoms. The Morgan fingerprint density at radius 1 is 1.42 bits per heavy atom. The summed E-state index contributed by atoms with van der Waals surface area (Å²) in [5.41, 5.74) is 9.07. The van der Waals surface area contributed by atoms with Crippen LogP contribution < -0.4 is 11.1 Å². The highest BCUT2D eigenvalue weighted by molar-refractivity contribution is 6.32. The van der Waals surface area contributed by atoms with Crippen molar-refractivity contribution in [2.24, 2.45) is 0 Å². The van der Waals surface area contributed by atoms with Gasteiger partial charge in [-0.2, -0.15) is 0 Å². The maximum absolute atomic E-state index is 13.1. The third kappa shape index (κ3) is 5.25. The molecule has 3 nitrogen and oxygen atoms in total. The number of rotatable bonds is 6. The maximum atomic E-state index is 13.1. The van der Waals surface area contributed by atoms with Crippen molar-refractivity contribution in [3.05, 3.63) is 89.0 Å². The SMILES string of the molecule is C=C(/C=C\C=C(/C)c1cc(N)ncc1Cl)NCc1cccc(F)c1. The van der Waals surface area contributed by atoms with Crippen LogP contribution in [0, 0.1) is 5.82 Å². The van der Waals surface area contributed by atoms with Crippen molar-refractivity contribution in [3.8, 4) is 0 Å². The quantitative estimate of drug-likeness (QED) is 0.746. The van der Waals surface area contributed by atoms with Gasteiger partial charge in [-0.15, -0.1) is 0 Å². The normalized spacial score (nSPS) is 11.7. The van der Waals surface area contributed by atoms with Gasteiger partial charge in [0.2, 0.25) is 0 Å². The zero-order valence-corrected chi connectivity index (χ0v) is 14.1. The van der Waals surface area contributed by atoms with E-state index in [2.05, 4.69) is 16.9 Å². The molecule has 1 aromatic heterocycles. The molecule has 0 saturated heterocycles. The van der Waals surface area contributed by atoms with Gasteiger partial charge in [-0.05, 0) is 42.3 Å². The van der Waals surface area contributed by atoms with Crippen LogP contribution in [0.2, 0.25) is 5.02 Å². The number of aromatic nitrogens is 1. The summed E-state index contributed by atoms with van der Waals surface area (Å²) in [4.78, 5) is 3.94. The molecule has 1 aromatic carbocycles. The summed E-state index contributed by atoms with van der Waals surface area (Å²) in [6.07, 6.45) is 7.15. The second-order valence-electron chi connectivity index (χ2n) is 5.31. The lowest BCUT2D eigenvalue weighted by molar-refractivity contribution is 0.624. The molecular weight excluding hydrogens is 325 g/mol. The molecule has 1 heterocycles. The molecule has 0 radical (unpaired) electrons. The number of nitrogens with one attached hydrogen (secondary N) is 1. The van der Waals surface area contributed by atoms with Gasteiger partial charge in [0, 0.05) is 24.0 Å². The number of benzene rings is 1. The van der Waals surface area contributed by atoms with E-state index in [0.717, 1.165) is 22.4 Å². The Hall–Kier alpha value is -2.59. The molecule has 0 aliphatic rings. The van der Waals surface area contributed by atoms with E-state index in [1.807, 2.05) is 31.2 Å². The number of nitrogen functional groups attached to an aromatic ring is 1. The van der Waals surface area contributed by atoms with Crippen molar-refractivity contribution in [1.29, 1.82) is 0 Å². The number of pyridine rings is 1. The van der Waals surface area contributed by atoms with Gasteiger partial charge >= 0.3 is 0 Å².